The Hall–Kier alpha value is -2.14. The molecular weight excluding hydrogens is 246 g/mol. The maximum absolute atomic E-state index is 11.5. The van der Waals surface area contributed by atoms with Crippen LogP contribution in [0.2, 0.25) is 0 Å². The lowest BCUT2D eigenvalue weighted by molar-refractivity contribution is -0.131. The smallest absolute Gasteiger partial charge is 0.328 e. The summed E-state index contributed by atoms with van der Waals surface area (Å²) in [6, 6.07) is 6.85. The zero-order valence-electron chi connectivity index (χ0n) is 10.9. The predicted molar refractivity (Wildman–Crippen MR) is 72.8 cm³/mol. The van der Waals surface area contributed by atoms with Crippen molar-refractivity contribution in [2.24, 2.45) is 0 Å². The highest BCUT2D eigenvalue weighted by Gasteiger charge is 2.03. The summed E-state index contributed by atoms with van der Waals surface area (Å²) < 4.78 is 5.18. The number of carbonyl (C=O) groups is 2. The quantitative estimate of drug-likeness (QED) is 0.771. The van der Waals surface area contributed by atoms with Crippen LogP contribution in [0.1, 0.15) is 19.4 Å². The van der Waals surface area contributed by atoms with Crippen LogP contribution in [0.3, 0.4) is 0 Å². The van der Waals surface area contributed by atoms with Crippen molar-refractivity contribution in [1.29, 1.82) is 0 Å². The number of benzene rings is 1. The summed E-state index contributed by atoms with van der Waals surface area (Å²) >= 11 is 0. The molecule has 5 nitrogen and oxygen atoms in total. The highest BCUT2D eigenvalue weighted by atomic mass is 16.5. The fourth-order valence-corrected chi connectivity index (χ4v) is 1.28. The van der Waals surface area contributed by atoms with E-state index in [1.54, 1.807) is 24.3 Å². The lowest BCUT2D eigenvalue weighted by Crippen LogP contribution is -2.20. The summed E-state index contributed by atoms with van der Waals surface area (Å²) in [4.78, 5) is 21.8. The first-order valence-electron chi connectivity index (χ1n) is 5.90. The lowest BCUT2D eigenvalue weighted by atomic mass is 10.2. The maximum Gasteiger partial charge on any atom is 0.328 e. The monoisotopic (exact) mass is 263 g/mol. The molecule has 0 unspecified atom stereocenters. The molecule has 0 fully saturated rings. The molecule has 0 saturated heterocycles. The minimum absolute atomic E-state index is 0.00859. The molecule has 5 heteroatoms. The van der Waals surface area contributed by atoms with Crippen LogP contribution < -0.4 is 5.32 Å². The number of carbonyl (C=O) groups excluding carboxylic acids is 1. The third-order valence-electron chi connectivity index (χ3n) is 2.16. The van der Waals surface area contributed by atoms with Crippen LogP contribution >= 0.6 is 0 Å². The van der Waals surface area contributed by atoms with Gasteiger partial charge in [0.15, 0.2) is 0 Å². The molecular formula is C14H17NO4. The second kappa shape index (κ2) is 7.33. The Kier molecular flexibility index (Phi) is 5.75. The van der Waals surface area contributed by atoms with Gasteiger partial charge in [0.2, 0.25) is 5.91 Å². The number of rotatable bonds is 6. The van der Waals surface area contributed by atoms with Crippen LogP contribution in [-0.4, -0.2) is 29.7 Å². The highest BCUT2D eigenvalue weighted by Crippen LogP contribution is 2.10. The standard InChI is InChI=1S/C14H17NO4/c1-10(2)19-9-13(16)15-12-6-3-11(4-7-12)5-8-14(17)18/h3-8,10H,9H2,1-2H3,(H,15,16)(H,17,18)/b8-5+. The number of anilines is 1. The molecule has 2 N–H and O–H groups in total. The van der Waals surface area contributed by atoms with E-state index in [4.69, 9.17) is 9.84 Å². The molecule has 0 aliphatic heterocycles. The second-order valence-electron chi connectivity index (χ2n) is 4.20. The van der Waals surface area contributed by atoms with Gasteiger partial charge in [-0.3, -0.25) is 4.79 Å². The minimum Gasteiger partial charge on any atom is -0.478 e. The van der Waals surface area contributed by atoms with E-state index in [0.717, 1.165) is 11.6 Å². The molecule has 102 valence electrons. The van der Waals surface area contributed by atoms with Gasteiger partial charge in [-0.05, 0) is 37.6 Å². The first kappa shape index (κ1) is 14.9. The van der Waals surface area contributed by atoms with Crippen molar-refractivity contribution < 1.29 is 19.4 Å². The summed E-state index contributed by atoms with van der Waals surface area (Å²) in [5.74, 6) is -1.22. The van der Waals surface area contributed by atoms with Crippen LogP contribution in [0.25, 0.3) is 6.08 Å². The molecule has 1 rings (SSSR count). The average Bonchev–Trinajstić information content (AvgIpc) is 2.35. The van der Waals surface area contributed by atoms with E-state index in [1.165, 1.54) is 6.08 Å². The van der Waals surface area contributed by atoms with Crippen molar-refractivity contribution in [2.45, 2.75) is 20.0 Å². The first-order valence-corrected chi connectivity index (χ1v) is 5.90. The Morgan fingerprint density at radius 3 is 2.47 bits per heavy atom. The molecule has 0 spiro atoms. The van der Waals surface area contributed by atoms with Gasteiger partial charge < -0.3 is 15.2 Å². The minimum atomic E-state index is -0.997. The fourth-order valence-electron chi connectivity index (χ4n) is 1.28. The van der Waals surface area contributed by atoms with Crippen LogP contribution in [0.4, 0.5) is 5.69 Å². The van der Waals surface area contributed by atoms with Gasteiger partial charge in [0.05, 0.1) is 6.10 Å². The average molecular weight is 263 g/mol. The predicted octanol–water partition coefficient (Wildman–Crippen LogP) is 2.15. The third kappa shape index (κ3) is 6.38. The summed E-state index contributed by atoms with van der Waals surface area (Å²) in [6.07, 6.45) is 2.55. The van der Waals surface area contributed by atoms with Gasteiger partial charge in [0.1, 0.15) is 6.61 Å². The fraction of sp³-hybridized carbons (Fsp3) is 0.286. The summed E-state index contributed by atoms with van der Waals surface area (Å²) in [6.45, 7) is 3.73. The molecule has 19 heavy (non-hydrogen) atoms. The molecule has 0 heterocycles. The van der Waals surface area contributed by atoms with E-state index < -0.39 is 5.97 Å². The summed E-state index contributed by atoms with van der Waals surface area (Å²) in [7, 11) is 0. The first-order chi connectivity index (χ1) is 8.97. The zero-order chi connectivity index (χ0) is 14.3. The van der Waals surface area contributed by atoms with Crippen molar-refractivity contribution in [1.82, 2.24) is 0 Å². The molecule has 1 aromatic rings. The molecule has 1 amide bonds. The highest BCUT2D eigenvalue weighted by molar-refractivity contribution is 5.92. The zero-order valence-corrected chi connectivity index (χ0v) is 10.9. The SMILES string of the molecule is CC(C)OCC(=O)Nc1ccc(/C=C/C(=O)O)cc1. The molecule has 0 radical (unpaired) electrons. The van der Waals surface area contributed by atoms with Crippen molar-refractivity contribution in [3.63, 3.8) is 0 Å². The van der Waals surface area contributed by atoms with E-state index in [9.17, 15) is 9.59 Å². The molecule has 1 aromatic carbocycles. The number of hydrogen-bond donors (Lipinski definition) is 2. The van der Waals surface area contributed by atoms with Gasteiger partial charge in [-0.15, -0.1) is 0 Å². The number of carboxylic acid groups (broad SMARTS) is 1. The van der Waals surface area contributed by atoms with E-state index >= 15 is 0 Å². The Bertz CT molecular complexity index is 463. The van der Waals surface area contributed by atoms with Crippen molar-refractivity contribution in [3.05, 3.63) is 35.9 Å². The Labute approximate surface area is 111 Å². The van der Waals surface area contributed by atoms with E-state index in [2.05, 4.69) is 5.32 Å². The van der Waals surface area contributed by atoms with Crippen LogP contribution in [-0.2, 0) is 14.3 Å². The maximum atomic E-state index is 11.5. The second-order valence-corrected chi connectivity index (χ2v) is 4.20. The number of nitrogens with one attached hydrogen (secondary N) is 1. The molecule has 0 aliphatic carbocycles. The largest absolute Gasteiger partial charge is 0.478 e. The van der Waals surface area contributed by atoms with Gasteiger partial charge in [-0.25, -0.2) is 4.79 Å². The van der Waals surface area contributed by atoms with Crippen LogP contribution in [0.5, 0.6) is 0 Å². The van der Waals surface area contributed by atoms with E-state index in [0.29, 0.717) is 5.69 Å². The van der Waals surface area contributed by atoms with Gasteiger partial charge >= 0.3 is 5.97 Å². The normalized spacial score (nSPS) is 10.9. The number of hydrogen-bond acceptors (Lipinski definition) is 3. The molecule has 0 aromatic heterocycles. The summed E-state index contributed by atoms with van der Waals surface area (Å²) in [5, 5.41) is 11.2. The number of carboxylic acids is 1. The van der Waals surface area contributed by atoms with Crippen molar-refractivity contribution in [2.75, 3.05) is 11.9 Å². The number of amides is 1. The Morgan fingerprint density at radius 2 is 1.95 bits per heavy atom. The molecule has 0 atom stereocenters. The van der Waals surface area contributed by atoms with Crippen LogP contribution in [0.15, 0.2) is 30.3 Å². The Morgan fingerprint density at radius 1 is 1.32 bits per heavy atom. The molecule has 0 aliphatic rings. The third-order valence-corrected chi connectivity index (χ3v) is 2.16. The van der Waals surface area contributed by atoms with Crippen molar-refractivity contribution >= 4 is 23.6 Å². The summed E-state index contributed by atoms with van der Waals surface area (Å²) in [5.41, 5.74) is 1.39. The van der Waals surface area contributed by atoms with E-state index in [1.807, 2.05) is 13.8 Å². The van der Waals surface area contributed by atoms with Gasteiger partial charge in [0.25, 0.3) is 0 Å². The van der Waals surface area contributed by atoms with Crippen LogP contribution in [0, 0.1) is 0 Å². The topological polar surface area (TPSA) is 75.6 Å². The van der Waals surface area contributed by atoms with Gasteiger partial charge in [-0.1, -0.05) is 12.1 Å². The molecule has 0 saturated carbocycles. The van der Waals surface area contributed by atoms with Gasteiger partial charge in [-0.2, -0.15) is 0 Å². The lowest BCUT2D eigenvalue weighted by Gasteiger charge is -2.08. The number of ether oxygens (including phenoxy) is 1. The van der Waals surface area contributed by atoms with E-state index in [-0.39, 0.29) is 18.6 Å². The molecule has 0 bridgehead atoms. The van der Waals surface area contributed by atoms with Crippen molar-refractivity contribution in [3.8, 4) is 0 Å². The Balaban J connectivity index is 2.52. The van der Waals surface area contributed by atoms with Gasteiger partial charge in [0, 0.05) is 11.8 Å². The number of aliphatic carboxylic acids is 1.